The molecule has 0 saturated heterocycles. The van der Waals surface area contributed by atoms with Crippen LogP contribution in [0.1, 0.15) is 20.0 Å². The van der Waals surface area contributed by atoms with Crippen molar-refractivity contribution in [1.82, 2.24) is 5.48 Å². The third-order valence-electron chi connectivity index (χ3n) is 3.75. The first-order chi connectivity index (χ1) is 12.5. The lowest BCUT2D eigenvalue weighted by Gasteiger charge is -2.10. The third-order valence-corrected chi connectivity index (χ3v) is 4.85. The van der Waals surface area contributed by atoms with Crippen LogP contribution in [0.2, 0.25) is 0 Å². The van der Waals surface area contributed by atoms with E-state index in [1.165, 1.54) is 25.6 Å². The number of benzene rings is 2. The minimum absolute atomic E-state index is 0.296. The first kappa shape index (κ1) is 17.7. The van der Waals surface area contributed by atoms with Crippen LogP contribution in [0, 0.1) is 0 Å². The quantitative estimate of drug-likeness (QED) is 0.472. The highest BCUT2D eigenvalue weighted by atomic mass is 32.1. The summed E-state index contributed by atoms with van der Waals surface area (Å²) in [5.41, 5.74) is 2.63. The number of thiophene rings is 1. The van der Waals surface area contributed by atoms with Gasteiger partial charge in [-0.25, -0.2) is 5.48 Å². The minimum atomic E-state index is -0.567. The summed E-state index contributed by atoms with van der Waals surface area (Å²) >= 11 is 1.22. The molecular weight excluding hydrogens is 356 g/mol. The van der Waals surface area contributed by atoms with Gasteiger partial charge in [0.1, 0.15) is 0 Å². The normalized spacial score (nSPS) is 10.4. The largest absolute Gasteiger partial charge is 0.493 e. The van der Waals surface area contributed by atoms with Gasteiger partial charge in [-0.05, 0) is 41.8 Å². The van der Waals surface area contributed by atoms with Crippen LogP contribution in [0.4, 0.5) is 5.69 Å². The lowest BCUT2D eigenvalue weighted by molar-refractivity contribution is 0.0711. The first-order valence-electron chi connectivity index (χ1n) is 7.57. The molecule has 8 heteroatoms. The minimum Gasteiger partial charge on any atom is -0.493 e. The summed E-state index contributed by atoms with van der Waals surface area (Å²) in [5, 5.41) is 12.4. The molecule has 3 rings (SSSR count). The average Bonchev–Trinajstić information content (AvgIpc) is 3.10. The molecule has 0 unspecified atom stereocenters. The number of hydroxylamine groups is 1. The second kappa shape index (κ2) is 7.42. The Morgan fingerprint density at radius 3 is 2.42 bits per heavy atom. The van der Waals surface area contributed by atoms with E-state index in [4.69, 9.17) is 14.7 Å². The monoisotopic (exact) mass is 372 g/mol. The molecule has 7 nitrogen and oxygen atoms in total. The molecule has 1 heterocycles. The van der Waals surface area contributed by atoms with Crippen LogP contribution in [0.25, 0.3) is 10.1 Å². The van der Waals surface area contributed by atoms with Crippen molar-refractivity contribution in [3.05, 3.63) is 52.9 Å². The molecule has 26 heavy (non-hydrogen) atoms. The number of fused-ring (bicyclic) bond motifs is 1. The molecule has 0 saturated carbocycles. The van der Waals surface area contributed by atoms with Crippen molar-refractivity contribution >= 4 is 38.9 Å². The molecule has 0 spiro atoms. The SMILES string of the molecule is COc1ccc(C(=O)Nc2ccc3cc(C(=O)NO)sc3c2)cc1OC. The Hall–Kier alpha value is -3.10. The zero-order chi connectivity index (χ0) is 18.7. The van der Waals surface area contributed by atoms with Crippen LogP contribution in [0.3, 0.4) is 0 Å². The number of carbonyl (C=O) groups excluding carboxylic acids is 2. The number of amides is 2. The van der Waals surface area contributed by atoms with Crippen molar-refractivity contribution in [2.24, 2.45) is 0 Å². The highest BCUT2D eigenvalue weighted by molar-refractivity contribution is 7.20. The van der Waals surface area contributed by atoms with Gasteiger partial charge in [-0.2, -0.15) is 0 Å². The van der Waals surface area contributed by atoms with Gasteiger partial charge < -0.3 is 14.8 Å². The number of methoxy groups -OCH3 is 2. The van der Waals surface area contributed by atoms with E-state index in [9.17, 15) is 9.59 Å². The molecule has 0 bridgehead atoms. The van der Waals surface area contributed by atoms with Crippen LogP contribution in [-0.4, -0.2) is 31.2 Å². The smallest absolute Gasteiger partial charge is 0.284 e. The van der Waals surface area contributed by atoms with E-state index in [1.54, 1.807) is 47.9 Å². The number of anilines is 1. The highest BCUT2D eigenvalue weighted by Gasteiger charge is 2.13. The van der Waals surface area contributed by atoms with E-state index < -0.39 is 5.91 Å². The molecular formula is C18H16N2O5S. The highest BCUT2D eigenvalue weighted by Crippen LogP contribution is 2.30. The lowest BCUT2D eigenvalue weighted by Crippen LogP contribution is -2.16. The predicted molar refractivity (Wildman–Crippen MR) is 98.6 cm³/mol. The Labute approximate surface area is 153 Å². The Bertz CT molecular complexity index is 983. The molecule has 0 aliphatic carbocycles. The topological polar surface area (TPSA) is 96.9 Å². The van der Waals surface area contributed by atoms with Crippen LogP contribution in [0.15, 0.2) is 42.5 Å². The van der Waals surface area contributed by atoms with Gasteiger partial charge in [0, 0.05) is 16.0 Å². The number of hydrogen-bond acceptors (Lipinski definition) is 6. The summed E-state index contributed by atoms with van der Waals surface area (Å²) < 4.78 is 11.2. The molecule has 3 aromatic rings. The van der Waals surface area contributed by atoms with Crippen molar-refractivity contribution in [1.29, 1.82) is 0 Å². The Morgan fingerprint density at radius 1 is 0.962 bits per heavy atom. The van der Waals surface area contributed by atoms with Crippen molar-refractivity contribution < 1.29 is 24.3 Å². The number of nitrogens with one attached hydrogen (secondary N) is 2. The van der Waals surface area contributed by atoms with Crippen LogP contribution in [0.5, 0.6) is 11.5 Å². The van der Waals surface area contributed by atoms with Gasteiger partial charge in [-0.15, -0.1) is 11.3 Å². The molecule has 1 aromatic heterocycles. The summed E-state index contributed by atoms with van der Waals surface area (Å²) in [7, 11) is 3.03. The van der Waals surface area contributed by atoms with Crippen LogP contribution < -0.4 is 20.3 Å². The number of carbonyl (C=O) groups is 2. The molecule has 2 aromatic carbocycles. The van der Waals surface area contributed by atoms with Gasteiger partial charge >= 0.3 is 0 Å². The molecule has 0 aliphatic heterocycles. The van der Waals surface area contributed by atoms with E-state index in [1.807, 2.05) is 0 Å². The summed E-state index contributed by atoms with van der Waals surface area (Å²) in [6.07, 6.45) is 0. The molecule has 0 fully saturated rings. The maximum atomic E-state index is 12.5. The fraction of sp³-hybridized carbons (Fsp3) is 0.111. The predicted octanol–water partition coefficient (Wildman–Crippen LogP) is 3.29. The van der Waals surface area contributed by atoms with E-state index in [0.717, 1.165) is 10.1 Å². The Morgan fingerprint density at radius 2 is 1.73 bits per heavy atom. The lowest BCUT2D eigenvalue weighted by atomic mass is 10.1. The zero-order valence-corrected chi connectivity index (χ0v) is 14.8. The maximum Gasteiger partial charge on any atom is 0.284 e. The van der Waals surface area contributed by atoms with Gasteiger partial charge in [0.2, 0.25) is 0 Å². The van der Waals surface area contributed by atoms with E-state index >= 15 is 0 Å². The average molecular weight is 372 g/mol. The van der Waals surface area contributed by atoms with Crippen LogP contribution in [-0.2, 0) is 0 Å². The van der Waals surface area contributed by atoms with E-state index in [-0.39, 0.29) is 5.91 Å². The second-order valence-corrected chi connectivity index (χ2v) is 6.41. The molecule has 134 valence electrons. The fourth-order valence-electron chi connectivity index (χ4n) is 2.46. The molecule has 0 atom stereocenters. The van der Waals surface area contributed by atoms with Gasteiger partial charge in [0.25, 0.3) is 11.8 Å². The van der Waals surface area contributed by atoms with Gasteiger partial charge in [-0.1, -0.05) is 6.07 Å². The summed E-state index contributed by atoms with van der Waals surface area (Å²) in [6, 6.07) is 11.9. The summed E-state index contributed by atoms with van der Waals surface area (Å²) in [6.45, 7) is 0. The van der Waals surface area contributed by atoms with Gasteiger partial charge in [0.05, 0.1) is 19.1 Å². The maximum absolute atomic E-state index is 12.5. The standard InChI is InChI=1S/C18H16N2O5S/c1-24-13-6-4-11(7-14(13)25-2)17(21)19-12-5-3-10-8-16(18(22)20-23)26-15(10)9-12/h3-9,23H,1-2H3,(H,19,21)(H,20,22). The number of hydrogen-bond donors (Lipinski definition) is 3. The van der Waals surface area contributed by atoms with Crippen molar-refractivity contribution in [3.8, 4) is 11.5 Å². The summed E-state index contributed by atoms with van der Waals surface area (Å²) in [4.78, 5) is 24.4. The molecule has 2 amide bonds. The summed E-state index contributed by atoms with van der Waals surface area (Å²) in [5.74, 6) is 0.143. The Kier molecular flexibility index (Phi) is 5.06. The molecule has 0 radical (unpaired) electrons. The van der Waals surface area contributed by atoms with Crippen molar-refractivity contribution in [3.63, 3.8) is 0 Å². The van der Waals surface area contributed by atoms with Gasteiger partial charge in [-0.3, -0.25) is 14.8 Å². The van der Waals surface area contributed by atoms with Gasteiger partial charge in [0.15, 0.2) is 11.5 Å². The van der Waals surface area contributed by atoms with E-state index in [2.05, 4.69) is 5.32 Å². The zero-order valence-electron chi connectivity index (χ0n) is 14.0. The van der Waals surface area contributed by atoms with E-state index in [0.29, 0.717) is 27.6 Å². The number of rotatable bonds is 5. The molecule has 3 N–H and O–H groups in total. The number of ether oxygens (including phenoxy) is 2. The second-order valence-electron chi connectivity index (χ2n) is 5.33. The van der Waals surface area contributed by atoms with Crippen molar-refractivity contribution in [2.45, 2.75) is 0 Å². The van der Waals surface area contributed by atoms with Crippen molar-refractivity contribution in [2.75, 3.05) is 19.5 Å². The Balaban J connectivity index is 1.84. The molecule has 0 aliphatic rings. The first-order valence-corrected chi connectivity index (χ1v) is 8.38. The van der Waals surface area contributed by atoms with Crippen LogP contribution >= 0.6 is 11.3 Å². The third kappa shape index (κ3) is 3.46. The fourth-order valence-corrected chi connectivity index (χ4v) is 3.45.